The molecule has 0 radical (unpaired) electrons. The monoisotopic (exact) mass is 349 g/mol. The van der Waals surface area contributed by atoms with E-state index in [0.717, 1.165) is 43.5 Å². The molecule has 1 N–H and O–H groups in total. The number of nitrogens with zero attached hydrogens (tertiary/aromatic N) is 6. The Morgan fingerprint density at radius 1 is 1.15 bits per heavy atom. The number of pyridine rings is 1. The van der Waals surface area contributed by atoms with E-state index < -0.39 is 0 Å². The third-order valence-corrected chi connectivity index (χ3v) is 4.75. The molecule has 1 fully saturated rings. The highest BCUT2D eigenvalue weighted by atomic mass is 15.5. The first-order valence-electron chi connectivity index (χ1n) is 8.99. The molecule has 0 aliphatic carbocycles. The molecular formula is C19H23N7. The zero-order valence-electron chi connectivity index (χ0n) is 14.9. The van der Waals surface area contributed by atoms with Crippen LogP contribution in [0.3, 0.4) is 0 Å². The Morgan fingerprint density at radius 3 is 2.85 bits per heavy atom. The van der Waals surface area contributed by atoms with E-state index in [4.69, 9.17) is 0 Å². The second-order valence-electron chi connectivity index (χ2n) is 6.83. The lowest BCUT2D eigenvalue weighted by Gasteiger charge is -2.16. The van der Waals surface area contributed by atoms with Gasteiger partial charge in [0.15, 0.2) is 5.82 Å². The number of tetrazole rings is 1. The maximum absolute atomic E-state index is 4.41. The molecule has 0 saturated carbocycles. The quantitative estimate of drug-likeness (QED) is 0.736. The number of benzene rings is 1. The SMILES string of the molecule is Cc1ccc(NC[C@H]2CCN(Cc3nnnn3-c3ccccc3)C2)nc1. The lowest BCUT2D eigenvalue weighted by Crippen LogP contribution is -2.24. The van der Waals surface area contributed by atoms with Gasteiger partial charge >= 0.3 is 0 Å². The number of likely N-dealkylation sites (tertiary alicyclic amines) is 1. The number of anilines is 1. The van der Waals surface area contributed by atoms with Gasteiger partial charge in [-0.05, 0) is 60.0 Å². The Balaban J connectivity index is 1.32. The van der Waals surface area contributed by atoms with Crippen LogP contribution in [0.4, 0.5) is 5.82 Å². The summed E-state index contributed by atoms with van der Waals surface area (Å²) in [6, 6.07) is 14.1. The molecule has 4 rings (SSSR count). The Kier molecular flexibility index (Phi) is 4.88. The fourth-order valence-corrected chi connectivity index (χ4v) is 3.32. The first-order chi connectivity index (χ1) is 12.8. The van der Waals surface area contributed by atoms with Crippen molar-refractivity contribution in [3.8, 4) is 5.69 Å². The molecule has 0 bridgehead atoms. The summed E-state index contributed by atoms with van der Waals surface area (Å²) < 4.78 is 1.82. The molecule has 0 spiro atoms. The topological polar surface area (TPSA) is 71.8 Å². The molecule has 3 aromatic rings. The van der Waals surface area contributed by atoms with Gasteiger partial charge in [0.2, 0.25) is 0 Å². The normalized spacial score (nSPS) is 17.5. The van der Waals surface area contributed by atoms with Crippen LogP contribution in [0.2, 0.25) is 0 Å². The minimum absolute atomic E-state index is 0.610. The second-order valence-corrected chi connectivity index (χ2v) is 6.83. The van der Waals surface area contributed by atoms with Crippen molar-refractivity contribution in [2.75, 3.05) is 25.0 Å². The zero-order chi connectivity index (χ0) is 17.8. The summed E-state index contributed by atoms with van der Waals surface area (Å²) in [7, 11) is 0. The molecule has 3 heterocycles. The third kappa shape index (κ3) is 3.88. The Morgan fingerprint density at radius 2 is 2.04 bits per heavy atom. The van der Waals surface area contributed by atoms with Crippen LogP contribution in [0.1, 0.15) is 17.8 Å². The number of aryl methyl sites for hydroxylation is 1. The fraction of sp³-hybridized carbons (Fsp3) is 0.368. The summed E-state index contributed by atoms with van der Waals surface area (Å²) in [6.45, 7) is 5.86. The van der Waals surface area contributed by atoms with Gasteiger partial charge in [-0.25, -0.2) is 4.98 Å². The Hall–Kier alpha value is -2.80. The van der Waals surface area contributed by atoms with Crippen molar-refractivity contribution in [2.45, 2.75) is 19.9 Å². The van der Waals surface area contributed by atoms with Crippen LogP contribution in [-0.4, -0.2) is 49.7 Å². The summed E-state index contributed by atoms with van der Waals surface area (Å²) in [5.41, 5.74) is 2.18. The molecule has 0 amide bonds. The van der Waals surface area contributed by atoms with E-state index in [1.165, 1.54) is 12.0 Å². The van der Waals surface area contributed by atoms with Crippen molar-refractivity contribution < 1.29 is 0 Å². The molecule has 1 aromatic carbocycles. The summed E-state index contributed by atoms with van der Waals surface area (Å²) in [5, 5.41) is 15.7. The van der Waals surface area contributed by atoms with Crippen LogP contribution >= 0.6 is 0 Å². The predicted octanol–water partition coefficient (Wildman–Crippen LogP) is 2.30. The van der Waals surface area contributed by atoms with E-state index in [2.05, 4.69) is 43.7 Å². The van der Waals surface area contributed by atoms with Crippen molar-refractivity contribution in [1.82, 2.24) is 30.1 Å². The molecule has 2 aromatic heterocycles. The molecular weight excluding hydrogens is 326 g/mol. The lowest BCUT2D eigenvalue weighted by molar-refractivity contribution is 0.307. The smallest absolute Gasteiger partial charge is 0.170 e. The van der Waals surface area contributed by atoms with Crippen LogP contribution in [0, 0.1) is 12.8 Å². The molecule has 0 unspecified atom stereocenters. The van der Waals surface area contributed by atoms with Crippen LogP contribution < -0.4 is 5.32 Å². The van der Waals surface area contributed by atoms with Gasteiger partial charge in [-0.1, -0.05) is 24.3 Å². The molecule has 26 heavy (non-hydrogen) atoms. The van der Waals surface area contributed by atoms with Crippen LogP contribution in [-0.2, 0) is 6.54 Å². The van der Waals surface area contributed by atoms with Crippen molar-refractivity contribution in [2.24, 2.45) is 5.92 Å². The van der Waals surface area contributed by atoms with E-state index >= 15 is 0 Å². The van der Waals surface area contributed by atoms with Crippen molar-refractivity contribution in [3.63, 3.8) is 0 Å². The number of rotatable bonds is 6. The van der Waals surface area contributed by atoms with E-state index in [1.807, 2.05) is 47.3 Å². The van der Waals surface area contributed by atoms with Crippen LogP contribution in [0.25, 0.3) is 5.69 Å². The highest BCUT2D eigenvalue weighted by Gasteiger charge is 2.24. The van der Waals surface area contributed by atoms with Gasteiger partial charge in [0.05, 0.1) is 12.2 Å². The predicted molar refractivity (Wildman–Crippen MR) is 100 cm³/mol. The molecule has 1 aliphatic rings. The number of nitrogens with one attached hydrogen (secondary N) is 1. The van der Waals surface area contributed by atoms with Gasteiger partial charge in [0.25, 0.3) is 0 Å². The number of hydrogen-bond donors (Lipinski definition) is 1. The van der Waals surface area contributed by atoms with Gasteiger partial charge in [-0.15, -0.1) is 5.10 Å². The number of hydrogen-bond acceptors (Lipinski definition) is 6. The third-order valence-electron chi connectivity index (χ3n) is 4.75. The summed E-state index contributed by atoms with van der Waals surface area (Å²) in [6.07, 6.45) is 3.07. The van der Waals surface area contributed by atoms with Gasteiger partial charge < -0.3 is 5.32 Å². The Bertz CT molecular complexity index is 829. The average molecular weight is 349 g/mol. The maximum Gasteiger partial charge on any atom is 0.170 e. The average Bonchev–Trinajstić information content (AvgIpc) is 3.32. The number of aromatic nitrogens is 5. The molecule has 134 valence electrons. The summed E-state index contributed by atoms with van der Waals surface area (Å²) >= 11 is 0. The summed E-state index contributed by atoms with van der Waals surface area (Å²) in [5.74, 6) is 2.44. The van der Waals surface area contributed by atoms with E-state index in [9.17, 15) is 0 Å². The highest BCUT2D eigenvalue weighted by Crippen LogP contribution is 2.19. The summed E-state index contributed by atoms with van der Waals surface area (Å²) in [4.78, 5) is 6.83. The van der Waals surface area contributed by atoms with E-state index in [0.29, 0.717) is 5.92 Å². The van der Waals surface area contributed by atoms with Gasteiger partial charge in [0.1, 0.15) is 5.82 Å². The first kappa shape index (κ1) is 16.7. The molecule has 1 saturated heterocycles. The molecule has 1 aliphatic heterocycles. The van der Waals surface area contributed by atoms with Gasteiger partial charge in [-0.3, -0.25) is 4.90 Å². The Labute approximate surface area is 153 Å². The molecule has 1 atom stereocenters. The maximum atomic E-state index is 4.41. The van der Waals surface area contributed by atoms with Crippen molar-refractivity contribution in [3.05, 3.63) is 60.0 Å². The van der Waals surface area contributed by atoms with E-state index in [-0.39, 0.29) is 0 Å². The fourth-order valence-electron chi connectivity index (χ4n) is 3.32. The van der Waals surface area contributed by atoms with E-state index in [1.54, 1.807) is 0 Å². The second kappa shape index (κ2) is 7.61. The molecule has 7 nitrogen and oxygen atoms in total. The minimum atomic E-state index is 0.610. The minimum Gasteiger partial charge on any atom is -0.370 e. The number of para-hydroxylation sites is 1. The zero-order valence-corrected chi connectivity index (χ0v) is 14.9. The lowest BCUT2D eigenvalue weighted by atomic mass is 10.1. The van der Waals surface area contributed by atoms with Crippen LogP contribution in [0.15, 0.2) is 48.7 Å². The standard InChI is InChI=1S/C19H23N7/c1-15-7-8-18(20-11-15)21-12-16-9-10-25(13-16)14-19-22-23-24-26(19)17-5-3-2-4-6-17/h2-8,11,16H,9-10,12-14H2,1H3,(H,20,21)/t16-/m1/s1. The molecule has 7 heteroatoms. The van der Waals surface area contributed by atoms with Crippen LogP contribution in [0.5, 0.6) is 0 Å². The highest BCUT2D eigenvalue weighted by molar-refractivity contribution is 5.35. The first-order valence-corrected chi connectivity index (χ1v) is 8.99. The van der Waals surface area contributed by atoms with Gasteiger partial charge in [0, 0.05) is 19.3 Å². The van der Waals surface area contributed by atoms with Gasteiger partial charge in [-0.2, -0.15) is 4.68 Å². The largest absolute Gasteiger partial charge is 0.370 e. The van der Waals surface area contributed by atoms with Crippen molar-refractivity contribution >= 4 is 5.82 Å². The van der Waals surface area contributed by atoms with Crippen molar-refractivity contribution in [1.29, 1.82) is 0 Å².